The predicted octanol–water partition coefficient (Wildman–Crippen LogP) is 6.27. The van der Waals surface area contributed by atoms with Crippen molar-refractivity contribution >= 4 is 35.4 Å². The van der Waals surface area contributed by atoms with E-state index in [1.165, 1.54) is 21.8 Å². The highest BCUT2D eigenvalue weighted by Crippen LogP contribution is 2.08. The molecular weight excluding hydrogens is 733 g/mol. The molecule has 2 N–H and O–H groups in total. The molecule has 2 heterocycles. The average molecular weight is 797 g/mol. The topological polar surface area (TPSA) is 156 Å². The van der Waals surface area contributed by atoms with E-state index in [0.29, 0.717) is 12.7 Å². The molecule has 0 aliphatic rings. The number of halogens is 3. The van der Waals surface area contributed by atoms with Crippen LogP contribution in [0.1, 0.15) is 70.2 Å². The first-order chi connectivity index (χ1) is 22.9. The molecule has 2 aromatic heterocycles. The Kier molecular flexibility index (Phi) is 38.2. The Morgan fingerprint density at radius 3 is 1.22 bits per heavy atom. The number of alkyl carbamates (subject to hydrolysis) is 2. The van der Waals surface area contributed by atoms with Crippen molar-refractivity contribution in [3.63, 3.8) is 0 Å². The lowest BCUT2D eigenvalue weighted by Crippen LogP contribution is -2.34. The quantitative estimate of drug-likeness (QED) is 0.180. The van der Waals surface area contributed by atoms with Crippen LogP contribution >= 0.6 is 15.9 Å². The van der Waals surface area contributed by atoms with E-state index in [4.69, 9.17) is 9.47 Å². The largest absolute Gasteiger partial charge is 0.444 e. The number of rotatable bonds is 8. The van der Waals surface area contributed by atoms with E-state index in [1.807, 2.05) is 40.6 Å². The molecule has 18 heteroatoms. The van der Waals surface area contributed by atoms with E-state index in [-0.39, 0.29) is 63.6 Å². The fourth-order valence-corrected chi connectivity index (χ4v) is 2.70. The molecule has 0 aliphatic carbocycles. The molecule has 2 rings (SSSR count). The third kappa shape index (κ3) is 30.4. The minimum atomic E-state index is -0.648. The van der Waals surface area contributed by atoms with Crippen molar-refractivity contribution in [2.24, 2.45) is 14.1 Å². The van der Waals surface area contributed by atoms with Gasteiger partial charge in [-0.1, -0.05) is 58.3 Å². The predicted molar refractivity (Wildman–Crippen MR) is 209 cm³/mol. The van der Waals surface area contributed by atoms with Crippen LogP contribution in [0.5, 0.6) is 0 Å². The number of nitrogens with one attached hydrogen (secondary N) is 2. The van der Waals surface area contributed by atoms with Crippen LogP contribution in [0.2, 0.25) is 13.6 Å². The van der Waals surface area contributed by atoms with E-state index in [0.717, 1.165) is 9.36 Å². The molecule has 1 radical (unpaired) electrons. The average Bonchev–Trinajstić information content (AvgIpc) is 3.53. The van der Waals surface area contributed by atoms with E-state index in [2.05, 4.69) is 49.6 Å². The van der Waals surface area contributed by atoms with Crippen LogP contribution < -0.4 is 22.0 Å². The lowest BCUT2D eigenvalue weighted by molar-refractivity contribution is 0.0520. The van der Waals surface area contributed by atoms with Crippen LogP contribution in [0.3, 0.4) is 0 Å². The molecule has 0 fully saturated rings. The van der Waals surface area contributed by atoms with Gasteiger partial charge in [0.25, 0.3) is 0 Å². The first-order valence-electron chi connectivity index (χ1n) is 15.0. The molecule has 0 aromatic carbocycles. The highest BCUT2D eigenvalue weighted by atomic mass is 79.9. The van der Waals surface area contributed by atoms with Crippen molar-refractivity contribution < 1.29 is 27.8 Å². The van der Waals surface area contributed by atoms with Crippen LogP contribution in [-0.4, -0.2) is 78.3 Å². The van der Waals surface area contributed by atoms with Crippen molar-refractivity contribution in [2.45, 2.75) is 108 Å². The summed E-state index contributed by atoms with van der Waals surface area (Å²) >= 11 is 2.94. The van der Waals surface area contributed by atoms with Gasteiger partial charge >= 0.3 is 23.6 Å². The Morgan fingerprint density at radius 2 is 1.04 bits per heavy atom. The van der Waals surface area contributed by atoms with Gasteiger partial charge in [0, 0.05) is 27.2 Å². The molecular formula is C33H63BBrF2N8O6. The first kappa shape index (κ1) is 59.0. The second-order valence-electron chi connectivity index (χ2n) is 11.2. The molecule has 0 spiro atoms. The molecule has 0 saturated heterocycles. The molecule has 0 bridgehead atoms. The number of terminal acetylenes is 1. The highest BCUT2D eigenvalue weighted by molar-refractivity contribution is 9.08. The number of hydrogen-bond acceptors (Lipinski definition) is 8. The van der Waals surface area contributed by atoms with Crippen molar-refractivity contribution in [3.8, 4) is 12.8 Å². The number of hydrogen-bond donors (Lipinski definition) is 2. The maximum Gasteiger partial charge on any atom is 0.407 e. The minimum Gasteiger partial charge on any atom is -0.444 e. The second-order valence-corrected chi connectivity index (χ2v) is 11.2. The molecule has 14 nitrogen and oxygen atoms in total. The summed E-state index contributed by atoms with van der Waals surface area (Å²) in [5, 5.41) is 12.4. The standard InChI is InChI=1S/2C12H19FN4O3.C2H6B.C2H6.C2H2.CH3Br.2CH4/c2*1-12(2,3)20-10(18)14-6-9(5-13)7-17-11(19)16(4)8-15-17;1-3-2;3*1-2;;/h2*5,8H,6-7H2,1-4H3,(H,14,18);1-2H3;1-2H3;1-2H;1H3;2*1H4. The Hall–Kier alpha value is -4.14. The van der Waals surface area contributed by atoms with Gasteiger partial charge in [0.2, 0.25) is 0 Å². The molecule has 0 saturated carbocycles. The molecule has 295 valence electrons. The van der Waals surface area contributed by atoms with Gasteiger partial charge in [-0.05, 0) is 58.5 Å². The Bertz CT molecular complexity index is 1290. The van der Waals surface area contributed by atoms with E-state index in [9.17, 15) is 28.0 Å². The van der Waals surface area contributed by atoms with Gasteiger partial charge in [-0.15, -0.1) is 12.8 Å². The molecule has 2 aromatic rings. The maximum atomic E-state index is 12.8. The molecule has 2 amide bonds. The van der Waals surface area contributed by atoms with Gasteiger partial charge in [0.1, 0.15) is 31.1 Å². The summed E-state index contributed by atoms with van der Waals surface area (Å²) < 4.78 is 40.3. The van der Waals surface area contributed by atoms with E-state index in [1.54, 1.807) is 55.6 Å². The third-order valence-corrected chi connectivity index (χ3v) is 4.51. The number of aromatic nitrogens is 6. The van der Waals surface area contributed by atoms with Crippen LogP contribution in [0, 0.1) is 12.8 Å². The SMILES string of the molecule is C.C.C#C.CBr.CC.C[B]C.Cn1cnn(CC(=CF)CNC(=O)OC(C)(C)C)c1=O.Cn1cnn(CC(=CF)CNC(=O)OC(C)(C)C)c1=O. The minimum absolute atomic E-state index is 0. The lowest BCUT2D eigenvalue weighted by atomic mass is 9.88. The van der Waals surface area contributed by atoms with Gasteiger partial charge in [-0.3, -0.25) is 9.13 Å². The summed E-state index contributed by atoms with van der Waals surface area (Å²) in [5.74, 6) is 1.81. The van der Waals surface area contributed by atoms with Crippen LogP contribution in [-0.2, 0) is 36.7 Å². The number of carbonyl (C=O) groups excluding carboxylic acids is 2. The van der Waals surface area contributed by atoms with Crippen LogP contribution in [0.4, 0.5) is 18.4 Å². The Labute approximate surface area is 313 Å². The van der Waals surface area contributed by atoms with E-state index < -0.39 is 23.4 Å². The summed E-state index contributed by atoms with van der Waals surface area (Å²) in [6, 6.07) is 0. The number of amides is 2. The van der Waals surface area contributed by atoms with Gasteiger partial charge in [-0.2, -0.15) is 10.2 Å². The summed E-state index contributed by atoms with van der Waals surface area (Å²) in [6.07, 6.45) is 10.1. The smallest absolute Gasteiger partial charge is 0.407 e. The fraction of sp³-hybridized carbons (Fsp3) is 0.636. The number of alkyl halides is 1. The fourth-order valence-electron chi connectivity index (χ4n) is 2.70. The molecule has 51 heavy (non-hydrogen) atoms. The van der Waals surface area contributed by atoms with Crippen molar-refractivity contribution in [3.05, 3.63) is 57.4 Å². The third-order valence-electron chi connectivity index (χ3n) is 4.51. The molecule has 0 atom stereocenters. The van der Waals surface area contributed by atoms with E-state index >= 15 is 0 Å². The van der Waals surface area contributed by atoms with Crippen molar-refractivity contribution in [1.82, 2.24) is 39.3 Å². The van der Waals surface area contributed by atoms with Crippen molar-refractivity contribution in [2.75, 3.05) is 18.9 Å². The monoisotopic (exact) mass is 795 g/mol. The second kappa shape index (κ2) is 33.0. The lowest BCUT2D eigenvalue weighted by Gasteiger charge is -2.19. The molecule has 0 aliphatic heterocycles. The highest BCUT2D eigenvalue weighted by Gasteiger charge is 2.17. The zero-order valence-electron chi connectivity index (χ0n) is 31.1. The maximum absolute atomic E-state index is 12.8. The molecule has 0 unspecified atom stereocenters. The van der Waals surface area contributed by atoms with Gasteiger partial charge in [0.15, 0.2) is 0 Å². The van der Waals surface area contributed by atoms with Crippen LogP contribution in [0.25, 0.3) is 0 Å². The zero-order valence-corrected chi connectivity index (χ0v) is 32.7. The number of carbonyl (C=O) groups is 2. The van der Waals surface area contributed by atoms with Gasteiger partial charge < -0.3 is 20.1 Å². The number of nitrogens with zero attached hydrogens (tertiary/aromatic N) is 6. The summed E-state index contributed by atoms with van der Waals surface area (Å²) in [5.41, 5.74) is -1.56. The van der Waals surface area contributed by atoms with Gasteiger partial charge in [-0.25, -0.2) is 37.3 Å². The van der Waals surface area contributed by atoms with Crippen molar-refractivity contribution in [1.29, 1.82) is 0 Å². The first-order valence-corrected chi connectivity index (χ1v) is 16.6. The number of aryl methyl sites for hydroxylation is 2. The number of ether oxygens (including phenoxy) is 2. The Balaban J connectivity index is -0.000000157. The zero-order chi connectivity index (χ0) is 39.4. The summed E-state index contributed by atoms with van der Waals surface area (Å²) in [7, 11) is 5.09. The normalized spacial score (nSPS) is 10.2. The summed E-state index contributed by atoms with van der Waals surface area (Å²) in [4.78, 5) is 46.0. The Morgan fingerprint density at radius 1 is 0.784 bits per heavy atom. The van der Waals surface area contributed by atoms with Gasteiger partial charge in [0.05, 0.1) is 25.7 Å². The summed E-state index contributed by atoms with van der Waals surface area (Å²) in [6.45, 7) is 18.2. The van der Waals surface area contributed by atoms with Crippen LogP contribution in [0.15, 0.2) is 46.0 Å².